The molecular formula is C23H34N4OS. The van der Waals surface area contributed by atoms with E-state index in [9.17, 15) is 4.79 Å². The van der Waals surface area contributed by atoms with Gasteiger partial charge in [0, 0.05) is 61.5 Å². The molecule has 0 saturated carbocycles. The van der Waals surface area contributed by atoms with Crippen molar-refractivity contribution in [2.45, 2.75) is 38.6 Å². The fourth-order valence-electron chi connectivity index (χ4n) is 4.72. The molecule has 158 valence electrons. The van der Waals surface area contributed by atoms with Crippen LogP contribution in [0, 0.1) is 0 Å². The number of hydrogen-bond acceptors (Lipinski definition) is 5. The Kier molecular flexibility index (Phi) is 7.16. The number of carbonyl (C=O) groups is 1. The fraction of sp³-hybridized carbons (Fsp3) is 0.609. The maximum Gasteiger partial charge on any atom is 0.253 e. The highest BCUT2D eigenvalue weighted by Gasteiger charge is 2.29. The summed E-state index contributed by atoms with van der Waals surface area (Å²) in [5, 5.41) is 3.54. The van der Waals surface area contributed by atoms with Gasteiger partial charge >= 0.3 is 0 Å². The minimum Gasteiger partial charge on any atom is -0.378 e. The second kappa shape index (κ2) is 10.0. The van der Waals surface area contributed by atoms with E-state index in [-0.39, 0.29) is 5.91 Å². The molecular weight excluding hydrogens is 380 g/mol. The second-order valence-corrected chi connectivity index (χ2v) is 9.37. The Labute approximate surface area is 179 Å². The summed E-state index contributed by atoms with van der Waals surface area (Å²) < 4.78 is 0. The number of allylic oxidation sites excluding steroid dienone is 1. The lowest BCUT2D eigenvalue weighted by molar-refractivity contribution is 0.0609. The molecule has 29 heavy (non-hydrogen) atoms. The van der Waals surface area contributed by atoms with Crippen LogP contribution in [0.2, 0.25) is 0 Å². The number of amides is 1. The van der Waals surface area contributed by atoms with E-state index in [1.165, 1.54) is 37.9 Å². The van der Waals surface area contributed by atoms with Crippen LogP contribution in [0.5, 0.6) is 0 Å². The van der Waals surface area contributed by atoms with Gasteiger partial charge in [-0.2, -0.15) is 0 Å². The molecule has 5 nitrogen and oxygen atoms in total. The minimum atomic E-state index is 0.173. The first-order valence-electron chi connectivity index (χ1n) is 11.1. The third-order valence-corrected chi connectivity index (χ3v) is 7.48. The van der Waals surface area contributed by atoms with Gasteiger partial charge in [0.1, 0.15) is 0 Å². The molecule has 1 aliphatic carbocycles. The Balaban J connectivity index is 1.25. The van der Waals surface area contributed by atoms with Crippen LogP contribution in [0.1, 0.15) is 43.0 Å². The first-order valence-corrected chi connectivity index (χ1v) is 12.1. The molecule has 6 heteroatoms. The van der Waals surface area contributed by atoms with E-state index in [0.29, 0.717) is 6.04 Å². The van der Waals surface area contributed by atoms with E-state index in [4.69, 9.17) is 0 Å². The first-order chi connectivity index (χ1) is 14.2. The highest BCUT2D eigenvalue weighted by Crippen LogP contribution is 2.37. The summed E-state index contributed by atoms with van der Waals surface area (Å²) in [6.45, 7) is 9.38. The molecule has 1 aromatic rings. The molecule has 2 aliphatic heterocycles. The number of hydrogen-bond donors (Lipinski definition) is 1. The Morgan fingerprint density at radius 3 is 2.72 bits per heavy atom. The fourth-order valence-corrected chi connectivity index (χ4v) is 5.80. The third-order valence-electron chi connectivity index (χ3n) is 6.43. The quantitative estimate of drug-likeness (QED) is 0.742. The zero-order chi connectivity index (χ0) is 20.1. The maximum atomic E-state index is 12.6. The van der Waals surface area contributed by atoms with E-state index in [0.717, 1.165) is 50.7 Å². The van der Waals surface area contributed by atoms with Gasteiger partial charge in [0.15, 0.2) is 0 Å². The molecule has 1 unspecified atom stereocenters. The summed E-state index contributed by atoms with van der Waals surface area (Å²) in [4.78, 5) is 21.5. The van der Waals surface area contributed by atoms with Gasteiger partial charge < -0.3 is 10.2 Å². The van der Waals surface area contributed by atoms with Gasteiger partial charge in [0.25, 0.3) is 5.91 Å². The predicted octanol–water partition coefficient (Wildman–Crippen LogP) is 3.21. The summed E-state index contributed by atoms with van der Waals surface area (Å²) in [5.74, 6) is 1.24. The topological polar surface area (TPSA) is 38.8 Å². The second-order valence-electron chi connectivity index (χ2n) is 8.30. The van der Waals surface area contributed by atoms with Crippen LogP contribution in [-0.4, -0.2) is 78.3 Å². The maximum absolute atomic E-state index is 12.6. The summed E-state index contributed by atoms with van der Waals surface area (Å²) in [6, 6.07) is 10.4. The number of thioether (sulfide) groups is 1. The lowest BCUT2D eigenvalue weighted by atomic mass is 9.97. The van der Waals surface area contributed by atoms with Crippen molar-refractivity contribution in [3.05, 3.63) is 46.5 Å². The minimum absolute atomic E-state index is 0.173. The van der Waals surface area contributed by atoms with Gasteiger partial charge in [0.05, 0.1) is 5.88 Å². The van der Waals surface area contributed by atoms with Gasteiger partial charge in [-0.3, -0.25) is 14.6 Å². The average Bonchev–Trinajstić information content (AvgIpc) is 3.25. The number of benzene rings is 1. The molecule has 1 amide bonds. The monoisotopic (exact) mass is 414 g/mol. The molecule has 1 atom stereocenters. The normalized spacial score (nSPS) is 22.7. The number of nitrogens with zero attached hydrogens (tertiary/aromatic N) is 3. The van der Waals surface area contributed by atoms with E-state index in [1.807, 2.05) is 47.0 Å². The summed E-state index contributed by atoms with van der Waals surface area (Å²) in [7, 11) is 0. The molecule has 0 radical (unpaired) electrons. The zero-order valence-electron chi connectivity index (χ0n) is 17.6. The van der Waals surface area contributed by atoms with E-state index in [2.05, 4.69) is 22.0 Å². The molecule has 3 aliphatic rings. The van der Waals surface area contributed by atoms with Crippen LogP contribution in [0.25, 0.3) is 0 Å². The van der Waals surface area contributed by atoms with Crippen molar-refractivity contribution < 1.29 is 4.79 Å². The zero-order valence-corrected chi connectivity index (χ0v) is 18.4. The molecule has 1 aromatic carbocycles. The standard InChI is InChI=1S/C23H34N4OS/c1-2-10-26(20-8-9-21-22(17-20)29-18-24-21)14-11-25-12-15-27(16-13-25)23(28)19-6-4-3-5-7-19/h3-7,20,24H,2,8-18H2,1H3. The lowest BCUT2D eigenvalue weighted by Crippen LogP contribution is -2.51. The van der Waals surface area contributed by atoms with Crippen LogP contribution in [0.15, 0.2) is 40.9 Å². The van der Waals surface area contributed by atoms with Gasteiger partial charge in [-0.05, 0) is 44.4 Å². The molecule has 1 saturated heterocycles. The number of piperazine rings is 1. The highest BCUT2D eigenvalue weighted by molar-refractivity contribution is 8.03. The Morgan fingerprint density at radius 1 is 1.17 bits per heavy atom. The van der Waals surface area contributed by atoms with Gasteiger partial charge in [-0.1, -0.05) is 25.1 Å². The van der Waals surface area contributed by atoms with Crippen LogP contribution >= 0.6 is 11.8 Å². The van der Waals surface area contributed by atoms with Crippen LogP contribution in [0.4, 0.5) is 0 Å². The Morgan fingerprint density at radius 2 is 1.97 bits per heavy atom. The first kappa shape index (κ1) is 20.8. The van der Waals surface area contributed by atoms with Gasteiger partial charge in [-0.15, -0.1) is 11.8 Å². The predicted molar refractivity (Wildman–Crippen MR) is 121 cm³/mol. The van der Waals surface area contributed by atoms with E-state index < -0.39 is 0 Å². The molecule has 1 N–H and O–H groups in total. The average molecular weight is 415 g/mol. The molecule has 0 aromatic heterocycles. The molecule has 0 bridgehead atoms. The Bertz CT molecular complexity index is 715. The number of rotatable bonds is 7. The number of nitrogens with one attached hydrogen (secondary N) is 1. The molecule has 4 rings (SSSR count). The molecule has 1 fully saturated rings. The number of carbonyl (C=O) groups excluding carboxylic acids is 1. The highest BCUT2D eigenvalue weighted by atomic mass is 32.2. The van der Waals surface area contributed by atoms with Crippen molar-refractivity contribution in [2.24, 2.45) is 0 Å². The summed E-state index contributed by atoms with van der Waals surface area (Å²) in [5.41, 5.74) is 2.32. The van der Waals surface area contributed by atoms with Crippen molar-refractivity contribution in [1.29, 1.82) is 0 Å². The molecule has 0 spiro atoms. The van der Waals surface area contributed by atoms with Crippen molar-refractivity contribution in [3.63, 3.8) is 0 Å². The SMILES string of the molecule is CCCN(CCN1CCN(C(=O)c2ccccc2)CC1)C1CCC2=C(C1)SCN2. The lowest BCUT2D eigenvalue weighted by Gasteiger charge is -2.38. The largest absolute Gasteiger partial charge is 0.378 e. The van der Waals surface area contributed by atoms with Crippen LogP contribution in [0.3, 0.4) is 0 Å². The van der Waals surface area contributed by atoms with E-state index >= 15 is 0 Å². The third kappa shape index (κ3) is 5.16. The van der Waals surface area contributed by atoms with Crippen molar-refractivity contribution in [3.8, 4) is 0 Å². The van der Waals surface area contributed by atoms with E-state index in [1.54, 1.807) is 4.91 Å². The van der Waals surface area contributed by atoms with Crippen molar-refractivity contribution >= 4 is 17.7 Å². The van der Waals surface area contributed by atoms with Crippen LogP contribution in [-0.2, 0) is 0 Å². The van der Waals surface area contributed by atoms with Gasteiger partial charge in [-0.25, -0.2) is 0 Å². The van der Waals surface area contributed by atoms with Crippen molar-refractivity contribution in [1.82, 2.24) is 20.0 Å². The van der Waals surface area contributed by atoms with Gasteiger partial charge in [0.2, 0.25) is 0 Å². The van der Waals surface area contributed by atoms with Crippen LogP contribution < -0.4 is 5.32 Å². The summed E-state index contributed by atoms with van der Waals surface area (Å²) in [6.07, 6.45) is 4.94. The van der Waals surface area contributed by atoms with Crippen molar-refractivity contribution in [2.75, 3.05) is 51.7 Å². The molecule has 2 heterocycles. The smallest absolute Gasteiger partial charge is 0.253 e. The Hall–Kier alpha value is -1.50. The summed E-state index contributed by atoms with van der Waals surface area (Å²) >= 11 is 2.01.